The summed E-state index contributed by atoms with van der Waals surface area (Å²) in [5.74, 6) is -4.33. The molecule has 0 heterocycles. The van der Waals surface area contributed by atoms with Crippen molar-refractivity contribution < 1.29 is 35.9 Å². The molecule has 1 aromatic rings. The second kappa shape index (κ2) is 4.92. The van der Waals surface area contributed by atoms with E-state index in [1.165, 1.54) is 0 Å². The third-order valence-electron chi connectivity index (χ3n) is 2.58. The molecule has 0 aliphatic rings. The third-order valence-corrected chi connectivity index (χ3v) is 2.58. The van der Waals surface area contributed by atoms with E-state index in [9.17, 15) is 35.9 Å². The van der Waals surface area contributed by atoms with Crippen LogP contribution in [0.5, 0.6) is 0 Å². The Kier molecular flexibility index (Phi) is 3.98. The first-order valence-corrected chi connectivity index (χ1v) is 5.20. The molecule has 0 saturated carbocycles. The summed E-state index contributed by atoms with van der Waals surface area (Å²) in [7, 11) is 0. The number of rotatable bonds is 2. The molecule has 110 valence electrons. The highest BCUT2D eigenvalue weighted by molar-refractivity contribution is 6.05. The number of carbonyl (C=O) groups excluding carboxylic acids is 2. The lowest BCUT2D eigenvalue weighted by Gasteiger charge is -2.13. The molecule has 0 aromatic heterocycles. The first kappa shape index (κ1) is 16.2. The third kappa shape index (κ3) is 3.17. The van der Waals surface area contributed by atoms with Gasteiger partial charge < -0.3 is 0 Å². The molecule has 8 heteroatoms. The highest BCUT2D eigenvalue weighted by Gasteiger charge is 2.42. The van der Waals surface area contributed by atoms with Crippen LogP contribution < -0.4 is 0 Å². The normalized spacial score (nSPS) is 12.4. The number of carbonyl (C=O) groups is 2. The molecule has 0 amide bonds. The number of benzene rings is 1. The van der Waals surface area contributed by atoms with Gasteiger partial charge in [-0.05, 0) is 37.1 Å². The van der Waals surface area contributed by atoms with Crippen molar-refractivity contribution in [1.82, 2.24) is 0 Å². The lowest BCUT2D eigenvalue weighted by molar-refractivity contribution is -0.0891. The van der Waals surface area contributed by atoms with Crippen LogP contribution in [0.25, 0.3) is 0 Å². The number of halogens is 6. The minimum atomic E-state index is -5.13. The molecule has 0 saturated heterocycles. The molecule has 0 N–H and O–H groups in total. The molecule has 0 fully saturated rings. The number of alkyl halides is 6. The van der Waals surface area contributed by atoms with Gasteiger partial charge in [0.2, 0.25) is 0 Å². The van der Waals surface area contributed by atoms with Crippen molar-refractivity contribution in [3.05, 3.63) is 34.4 Å². The van der Waals surface area contributed by atoms with Gasteiger partial charge in [0.05, 0.1) is 0 Å². The maximum atomic E-state index is 12.3. The van der Waals surface area contributed by atoms with E-state index in [1.807, 2.05) is 0 Å². The molecule has 0 spiro atoms. The Morgan fingerprint density at radius 2 is 1.00 bits per heavy atom. The molecule has 0 atom stereocenters. The van der Waals surface area contributed by atoms with E-state index in [0.717, 1.165) is 13.8 Å². The summed E-state index contributed by atoms with van der Waals surface area (Å²) >= 11 is 0. The average Bonchev–Trinajstić information content (AvgIpc) is 2.27. The average molecular weight is 298 g/mol. The molecule has 0 radical (unpaired) electrons. The Morgan fingerprint density at radius 1 is 0.750 bits per heavy atom. The van der Waals surface area contributed by atoms with Gasteiger partial charge in [0.25, 0.3) is 11.6 Å². The fourth-order valence-electron chi connectivity index (χ4n) is 1.61. The fourth-order valence-corrected chi connectivity index (χ4v) is 1.61. The molecular formula is C12H8F6O2. The summed E-state index contributed by atoms with van der Waals surface area (Å²) in [5.41, 5.74) is -2.22. The number of ketones is 2. The van der Waals surface area contributed by atoms with E-state index in [4.69, 9.17) is 0 Å². The lowest BCUT2D eigenvalue weighted by atomic mass is 9.95. The predicted molar refractivity (Wildman–Crippen MR) is 56.7 cm³/mol. The zero-order valence-electron chi connectivity index (χ0n) is 10.2. The summed E-state index contributed by atoms with van der Waals surface area (Å²) in [6.45, 7) is 2.07. The van der Waals surface area contributed by atoms with Crippen LogP contribution >= 0.6 is 0 Å². The van der Waals surface area contributed by atoms with Gasteiger partial charge in [-0.25, -0.2) is 0 Å². The summed E-state index contributed by atoms with van der Waals surface area (Å²) in [5, 5.41) is 0. The Labute approximate surface area is 109 Å². The molecule has 0 bridgehead atoms. The van der Waals surface area contributed by atoms with Crippen molar-refractivity contribution in [3.8, 4) is 0 Å². The Bertz CT molecular complexity index is 517. The van der Waals surface area contributed by atoms with Crippen LogP contribution in [-0.4, -0.2) is 23.9 Å². The summed E-state index contributed by atoms with van der Waals surface area (Å²) in [4.78, 5) is 22.2. The summed E-state index contributed by atoms with van der Waals surface area (Å²) in [6, 6.07) is 1.29. The number of aryl methyl sites for hydroxylation is 2. The van der Waals surface area contributed by atoms with Crippen LogP contribution in [0.3, 0.4) is 0 Å². The van der Waals surface area contributed by atoms with Crippen molar-refractivity contribution in [2.24, 2.45) is 0 Å². The molecule has 0 unspecified atom stereocenters. The van der Waals surface area contributed by atoms with Crippen molar-refractivity contribution in [3.63, 3.8) is 0 Å². The van der Waals surface area contributed by atoms with E-state index in [0.29, 0.717) is 12.1 Å². The maximum Gasteiger partial charge on any atom is 0.454 e. The minimum Gasteiger partial charge on any atom is -0.284 e. The maximum absolute atomic E-state index is 12.3. The van der Waals surface area contributed by atoms with Gasteiger partial charge in [0, 0.05) is 11.1 Å². The smallest absolute Gasteiger partial charge is 0.284 e. The van der Waals surface area contributed by atoms with Gasteiger partial charge in [0.1, 0.15) is 0 Å². The highest BCUT2D eigenvalue weighted by Crippen LogP contribution is 2.28. The Hall–Kier alpha value is -1.86. The van der Waals surface area contributed by atoms with Gasteiger partial charge in [0.15, 0.2) is 0 Å². The van der Waals surface area contributed by atoms with Crippen molar-refractivity contribution in [1.29, 1.82) is 0 Å². The predicted octanol–water partition coefficient (Wildman–Crippen LogP) is 3.79. The molecular weight excluding hydrogens is 290 g/mol. The fraction of sp³-hybridized carbons (Fsp3) is 0.333. The van der Waals surface area contributed by atoms with Crippen LogP contribution in [0.15, 0.2) is 12.1 Å². The zero-order chi connectivity index (χ0) is 15.9. The van der Waals surface area contributed by atoms with Crippen molar-refractivity contribution in [2.75, 3.05) is 0 Å². The largest absolute Gasteiger partial charge is 0.454 e. The van der Waals surface area contributed by atoms with Gasteiger partial charge >= 0.3 is 12.4 Å². The first-order valence-electron chi connectivity index (χ1n) is 5.20. The first-order chi connectivity index (χ1) is 8.85. The minimum absolute atomic E-state index is 0.342. The zero-order valence-corrected chi connectivity index (χ0v) is 10.2. The number of Topliss-reactive ketones (excluding diaryl/α,β-unsaturated/α-hetero) is 2. The van der Waals surface area contributed by atoms with Gasteiger partial charge in [-0.15, -0.1) is 0 Å². The van der Waals surface area contributed by atoms with Gasteiger partial charge in [-0.2, -0.15) is 26.3 Å². The summed E-state index contributed by atoms with van der Waals surface area (Å²) in [6.07, 6.45) is -10.3. The summed E-state index contributed by atoms with van der Waals surface area (Å²) < 4.78 is 73.8. The molecule has 20 heavy (non-hydrogen) atoms. The van der Waals surface area contributed by atoms with Crippen LogP contribution in [-0.2, 0) is 0 Å². The van der Waals surface area contributed by atoms with Crippen molar-refractivity contribution >= 4 is 11.6 Å². The highest BCUT2D eigenvalue weighted by atomic mass is 19.4. The van der Waals surface area contributed by atoms with E-state index < -0.39 is 35.0 Å². The molecule has 1 aromatic carbocycles. The van der Waals surface area contributed by atoms with Crippen LogP contribution in [0.4, 0.5) is 26.3 Å². The Balaban J connectivity index is 3.37. The number of hydrogen-bond donors (Lipinski definition) is 0. The molecule has 2 nitrogen and oxygen atoms in total. The lowest BCUT2D eigenvalue weighted by Crippen LogP contribution is -2.26. The molecule has 0 aliphatic carbocycles. The van der Waals surface area contributed by atoms with E-state index >= 15 is 0 Å². The topological polar surface area (TPSA) is 34.1 Å². The van der Waals surface area contributed by atoms with Crippen LogP contribution in [0, 0.1) is 13.8 Å². The SMILES string of the molecule is Cc1cc(C(=O)C(F)(F)F)c(C)cc1C(=O)C(F)(F)F. The standard InChI is InChI=1S/C12H8F6O2/c1-5-3-8(10(20)12(16,17)18)6(2)4-7(5)9(19)11(13,14)15/h3-4H,1-2H3. The van der Waals surface area contributed by atoms with Gasteiger partial charge in [-0.3, -0.25) is 9.59 Å². The van der Waals surface area contributed by atoms with Crippen LogP contribution in [0.1, 0.15) is 31.8 Å². The van der Waals surface area contributed by atoms with Crippen LogP contribution in [0.2, 0.25) is 0 Å². The van der Waals surface area contributed by atoms with Gasteiger partial charge in [-0.1, -0.05) is 0 Å². The van der Waals surface area contributed by atoms with E-state index in [1.54, 1.807) is 0 Å². The molecule has 0 aliphatic heterocycles. The van der Waals surface area contributed by atoms with E-state index in [2.05, 4.69) is 0 Å². The number of hydrogen-bond acceptors (Lipinski definition) is 2. The second-order valence-electron chi connectivity index (χ2n) is 4.14. The Morgan fingerprint density at radius 3 is 1.20 bits per heavy atom. The second-order valence-corrected chi connectivity index (χ2v) is 4.14. The monoisotopic (exact) mass is 298 g/mol. The van der Waals surface area contributed by atoms with E-state index in [-0.39, 0.29) is 11.1 Å². The quantitative estimate of drug-likeness (QED) is 0.615. The molecule has 1 rings (SSSR count). The van der Waals surface area contributed by atoms with Crippen molar-refractivity contribution in [2.45, 2.75) is 26.2 Å².